The lowest BCUT2D eigenvalue weighted by molar-refractivity contribution is -0.141. The summed E-state index contributed by atoms with van der Waals surface area (Å²) in [5, 5.41) is 0. The first-order valence-electron chi connectivity index (χ1n) is 10.7. The Labute approximate surface area is 162 Å². The number of ether oxygens (including phenoxy) is 1. The molecule has 0 N–H and O–H groups in total. The highest BCUT2D eigenvalue weighted by atomic mass is 16.5. The number of imidazole rings is 1. The molecule has 150 valence electrons. The van der Waals surface area contributed by atoms with E-state index in [4.69, 9.17) is 4.74 Å². The number of hydrogen-bond acceptors (Lipinski definition) is 4. The van der Waals surface area contributed by atoms with E-state index in [-0.39, 0.29) is 6.10 Å². The Morgan fingerprint density at radius 1 is 1.26 bits per heavy atom. The van der Waals surface area contributed by atoms with Crippen molar-refractivity contribution in [2.45, 2.75) is 64.5 Å². The van der Waals surface area contributed by atoms with Crippen molar-refractivity contribution in [3.63, 3.8) is 0 Å². The number of hydrogen-bond donors (Lipinski definition) is 0. The second kappa shape index (κ2) is 8.31. The predicted molar refractivity (Wildman–Crippen MR) is 104 cm³/mol. The maximum absolute atomic E-state index is 12.4. The number of rotatable bonds is 6. The summed E-state index contributed by atoms with van der Waals surface area (Å²) in [6.07, 6.45) is 11.9. The highest BCUT2D eigenvalue weighted by Crippen LogP contribution is 2.40. The summed E-state index contributed by atoms with van der Waals surface area (Å²) in [7, 11) is 0. The highest BCUT2D eigenvalue weighted by Gasteiger charge is 2.41. The molecule has 3 fully saturated rings. The minimum atomic E-state index is 0.274. The molecule has 1 aromatic rings. The molecular weight excluding hydrogens is 340 g/mol. The largest absolute Gasteiger partial charge is 0.376 e. The van der Waals surface area contributed by atoms with Gasteiger partial charge in [-0.25, -0.2) is 4.98 Å². The molecule has 0 saturated carbocycles. The maximum Gasteiger partial charge on any atom is 0.222 e. The number of nitrogens with zero attached hydrogens (tertiary/aromatic N) is 4. The number of piperidine rings is 2. The smallest absolute Gasteiger partial charge is 0.222 e. The molecule has 0 aromatic carbocycles. The average Bonchev–Trinajstić information content (AvgIpc) is 3.32. The van der Waals surface area contributed by atoms with E-state index < -0.39 is 0 Å². The molecule has 0 unspecified atom stereocenters. The van der Waals surface area contributed by atoms with Crippen LogP contribution in [-0.4, -0.2) is 70.7 Å². The summed E-state index contributed by atoms with van der Waals surface area (Å²) >= 11 is 0. The molecule has 3 aliphatic rings. The van der Waals surface area contributed by atoms with Crippen LogP contribution in [-0.2, 0) is 16.1 Å². The molecule has 0 bridgehead atoms. The van der Waals surface area contributed by atoms with Crippen LogP contribution >= 0.6 is 0 Å². The predicted octanol–water partition coefficient (Wildman–Crippen LogP) is 2.47. The van der Waals surface area contributed by atoms with Gasteiger partial charge in [0, 0.05) is 45.1 Å². The zero-order valence-electron chi connectivity index (χ0n) is 16.7. The van der Waals surface area contributed by atoms with E-state index in [0.29, 0.717) is 11.3 Å². The van der Waals surface area contributed by atoms with Gasteiger partial charge >= 0.3 is 0 Å². The van der Waals surface area contributed by atoms with E-state index in [0.717, 1.165) is 64.3 Å². The maximum atomic E-state index is 12.4. The Morgan fingerprint density at radius 3 is 2.81 bits per heavy atom. The van der Waals surface area contributed by atoms with E-state index in [1.54, 1.807) is 0 Å². The molecule has 1 amide bonds. The Balaban J connectivity index is 1.23. The van der Waals surface area contributed by atoms with Crippen LogP contribution in [0.3, 0.4) is 0 Å². The van der Waals surface area contributed by atoms with Gasteiger partial charge in [-0.3, -0.25) is 4.79 Å². The van der Waals surface area contributed by atoms with Gasteiger partial charge in [0.2, 0.25) is 5.91 Å². The number of carbonyl (C=O) groups excluding carboxylic acids is 1. The van der Waals surface area contributed by atoms with Crippen LogP contribution < -0.4 is 0 Å². The van der Waals surface area contributed by atoms with Crippen LogP contribution in [0, 0.1) is 12.3 Å². The van der Waals surface area contributed by atoms with Crippen LogP contribution in [0.25, 0.3) is 0 Å². The first-order valence-corrected chi connectivity index (χ1v) is 10.7. The van der Waals surface area contributed by atoms with Crippen LogP contribution in [0.1, 0.15) is 50.8 Å². The summed E-state index contributed by atoms with van der Waals surface area (Å²) in [5.74, 6) is 1.44. The Kier molecular flexibility index (Phi) is 5.83. The summed E-state index contributed by atoms with van der Waals surface area (Å²) in [5.41, 5.74) is 0.351. The van der Waals surface area contributed by atoms with Gasteiger partial charge in [-0.2, -0.15) is 0 Å². The molecule has 0 aliphatic carbocycles. The fourth-order valence-corrected chi connectivity index (χ4v) is 5.07. The number of likely N-dealkylation sites (tertiary alicyclic amines) is 2. The van der Waals surface area contributed by atoms with E-state index >= 15 is 0 Å². The fourth-order valence-electron chi connectivity index (χ4n) is 5.07. The molecule has 1 atom stereocenters. The van der Waals surface area contributed by atoms with Crippen LogP contribution in [0.4, 0.5) is 0 Å². The lowest BCUT2D eigenvalue weighted by Gasteiger charge is -2.48. The average molecular weight is 375 g/mol. The number of aromatic nitrogens is 2. The van der Waals surface area contributed by atoms with Gasteiger partial charge in [0.25, 0.3) is 0 Å². The molecule has 0 radical (unpaired) electrons. The monoisotopic (exact) mass is 374 g/mol. The van der Waals surface area contributed by atoms with Gasteiger partial charge in [0.1, 0.15) is 5.82 Å². The first kappa shape index (κ1) is 18.9. The van der Waals surface area contributed by atoms with Crippen LogP contribution in [0.5, 0.6) is 0 Å². The topological polar surface area (TPSA) is 50.6 Å². The van der Waals surface area contributed by atoms with Crippen molar-refractivity contribution in [3.05, 3.63) is 18.2 Å². The highest BCUT2D eigenvalue weighted by molar-refractivity contribution is 5.77. The van der Waals surface area contributed by atoms with Crippen molar-refractivity contribution in [1.82, 2.24) is 19.4 Å². The summed E-state index contributed by atoms with van der Waals surface area (Å²) < 4.78 is 8.01. The summed E-state index contributed by atoms with van der Waals surface area (Å²) in [4.78, 5) is 21.4. The summed E-state index contributed by atoms with van der Waals surface area (Å²) in [6.45, 7) is 9.25. The third-order valence-corrected chi connectivity index (χ3v) is 6.91. The molecule has 1 spiro atoms. The Bertz CT molecular complexity index is 630. The zero-order chi connectivity index (χ0) is 18.7. The Morgan fingerprint density at radius 2 is 2.11 bits per heavy atom. The van der Waals surface area contributed by atoms with Gasteiger partial charge in [0.15, 0.2) is 0 Å². The van der Waals surface area contributed by atoms with Crippen LogP contribution in [0.2, 0.25) is 0 Å². The van der Waals surface area contributed by atoms with Gasteiger partial charge in [0.05, 0.1) is 6.10 Å². The van der Waals surface area contributed by atoms with Gasteiger partial charge in [-0.15, -0.1) is 0 Å². The molecule has 4 rings (SSSR count). The van der Waals surface area contributed by atoms with Crippen molar-refractivity contribution in [1.29, 1.82) is 0 Å². The van der Waals surface area contributed by atoms with E-state index in [1.165, 1.54) is 32.4 Å². The van der Waals surface area contributed by atoms with E-state index in [2.05, 4.69) is 32.5 Å². The van der Waals surface area contributed by atoms with Gasteiger partial charge in [-0.05, 0) is 70.5 Å². The molecular formula is C21H34N4O2. The quantitative estimate of drug-likeness (QED) is 0.768. The normalized spacial score (nSPS) is 26.2. The Hall–Kier alpha value is -1.40. The SMILES string of the molecule is Cc1nccn1CCCN1CCC2(CCC(=O)N(C[C@H]3CCCO3)C2)CC1. The number of carbonyl (C=O) groups is 1. The minimum absolute atomic E-state index is 0.274. The van der Waals surface area contributed by atoms with E-state index in [9.17, 15) is 4.79 Å². The van der Waals surface area contributed by atoms with E-state index in [1.807, 2.05) is 6.20 Å². The fraction of sp³-hybridized carbons (Fsp3) is 0.810. The van der Waals surface area contributed by atoms with Crippen molar-refractivity contribution < 1.29 is 9.53 Å². The van der Waals surface area contributed by atoms with Crippen molar-refractivity contribution in [2.75, 3.05) is 39.3 Å². The molecule has 27 heavy (non-hydrogen) atoms. The van der Waals surface area contributed by atoms with Gasteiger partial charge < -0.3 is 19.1 Å². The second-order valence-corrected chi connectivity index (χ2v) is 8.77. The number of aryl methyl sites for hydroxylation is 2. The lowest BCUT2D eigenvalue weighted by atomic mass is 9.72. The molecule has 3 aliphatic heterocycles. The molecule has 1 aromatic heterocycles. The van der Waals surface area contributed by atoms with Crippen molar-refractivity contribution in [3.8, 4) is 0 Å². The number of amides is 1. The minimum Gasteiger partial charge on any atom is -0.376 e. The molecule has 3 saturated heterocycles. The van der Waals surface area contributed by atoms with Crippen LogP contribution in [0.15, 0.2) is 12.4 Å². The van der Waals surface area contributed by atoms with Crippen molar-refractivity contribution >= 4 is 5.91 Å². The molecule has 6 nitrogen and oxygen atoms in total. The zero-order valence-corrected chi connectivity index (χ0v) is 16.7. The third kappa shape index (κ3) is 4.54. The third-order valence-electron chi connectivity index (χ3n) is 6.91. The molecule has 6 heteroatoms. The lowest BCUT2D eigenvalue weighted by Crippen LogP contribution is -2.53. The second-order valence-electron chi connectivity index (χ2n) is 8.77. The van der Waals surface area contributed by atoms with Gasteiger partial charge in [-0.1, -0.05) is 0 Å². The van der Waals surface area contributed by atoms with Crippen molar-refractivity contribution in [2.24, 2.45) is 5.41 Å². The molecule has 4 heterocycles. The first-order chi connectivity index (χ1) is 13.1. The standard InChI is InChI=1S/C21H34N4O2/c1-18-22-9-14-24(18)11-3-10-23-12-7-21(8-13-23)6-5-20(26)25(17-21)16-19-4-2-15-27-19/h9,14,19H,2-8,10-13,15-17H2,1H3/t19-/m1/s1. The summed E-state index contributed by atoms with van der Waals surface area (Å²) in [6, 6.07) is 0.